The van der Waals surface area contributed by atoms with Gasteiger partial charge in [-0.3, -0.25) is 4.98 Å². The summed E-state index contributed by atoms with van der Waals surface area (Å²) >= 11 is 0. The highest BCUT2D eigenvalue weighted by Gasteiger charge is 2.31. The van der Waals surface area contributed by atoms with Crippen molar-refractivity contribution in [3.05, 3.63) is 53.6 Å². The van der Waals surface area contributed by atoms with Crippen molar-refractivity contribution in [3.8, 4) is 11.1 Å². The molecule has 1 heterocycles. The maximum atomic E-state index is 13.8. The summed E-state index contributed by atoms with van der Waals surface area (Å²) in [5, 5.41) is 0. The van der Waals surface area contributed by atoms with Crippen LogP contribution in [0.2, 0.25) is 0 Å². The van der Waals surface area contributed by atoms with Crippen LogP contribution in [-0.4, -0.2) is 18.1 Å². The molecule has 0 aliphatic carbocycles. The van der Waals surface area contributed by atoms with E-state index in [9.17, 15) is 22.4 Å². The number of esters is 1. The molecule has 0 fully saturated rings. The number of aromatic nitrogens is 1. The van der Waals surface area contributed by atoms with E-state index in [2.05, 4.69) is 9.72 Å². The van der Waals surface area contributed by atoms with E-state index in [1.807, 2.05) is 0 Å². The van der Waals surface area contributed by atoms with Crippen molar-refractivity contribution in [1.82, 2.24) is 4.98 Å². The third-order valence-electron chi connectivity index (χ3n) is 2.77. The van der Waals surface area contributed by atoms with Gasteiger partial charge >= 0.3 is 12.1 Å². The molecule has 1 aromatic heterocycles. The second-order valence-corrected chi connectivity index (χ2v) is 4.15. The zero-order chi connectivity index (χ0) is 15.6. The van der Waals surface area contributed by atoms with Crippen LogP contribution in [-0.2, 0) is 10.9 Å². The lowest BCUT2D eigenvalue weighted by Crippen LogP contribution is -2.06. The average Bonchev–Trinajstić information content (AvgIpc) is 2.45. The summed E-state index contributed by atoms with van der Waals surface area (Å²) in [4.78, 5) is 14.7. The van der Waals surface area contributed by atoms with Crippen molar-refractivity contribution >= 4 is 5.97 Å². The molecule has 2 aromatic rings. The Morgan fingerprint density at radius 1 is 1.14 bits per heavy atom. The lowest BCUT2D eigenvalue weighted by molar-refractivity contribution is -0.137. The number of rotatable bonds is 2. The Bertz CT molecular complexity index is 683. The molecule has 0 unspecified atom stereocenters. The monoisotopic (exact) mass is 299 g/mol. The molecule has 110 valence electrons. The summed E-state index contributed by atoms with van der Waals surface area (Å²) < 4.78 is 56.0. The van der Waals surface area contributed by atoms with Gasteiger partial charge in [0.2, 0.25) is 0 Å². The molecule has 21 heavy (non-hydrogen) atoms. The minimum atomic E-state index is -4.53. The Morgan fingerprint density at radius 2 is 1.86 bits per heavy atom. The number of halogens is 4. The van der Waals surface area contributed by atoms with Crippen LogP contribution in [0.25, 0.3) is 11.1 Å². The lowest BCUT2D eigenvalue weighted by atomic mass is 10.0. The Balaban J connectivity index is 2.44. The highest BCUT2D eigenvalue weighted by atomic mass is 19.4. The Hall–Kier alpha value is -2.44. The van der Waals surface area contributed by atoms with Gasteiger partial charge in [0, 0.05) is 18.0 Å². The number of nitrogens with zero attached hydrogens (tertiary/aromatic N) is 1. The number of pyridine rings is 1. The van der Waals surface area contributed by atoms with E-state index in [4.69, 9.17) is 0 Å². The molecule has 0 N–H and O–H groups in total. The van der Waals surface area contributed by atoms with Gasteiger partial charge in [-0.05, 0) is 23.8 Å². The minimum absolute atomic E-state index is 0.0974. The molecule has 2 rings (SSSR count). The van der Waals surface area contributed by atoms with Crippen molar-refractivity contribution in [1.29, 1.82) is 0 Å². The number of methoxy groups -OCH3 is 1. The molecular formula is C14H9F4NO2. The predicted molar refractivity (Wildman–Crippen MR) is 66.0 cm³/mol. The zero-order valence-electron chi connectivity index (χ0n) is 10.7. The van der Waals surface area contributed by atoms with Crippen LogP contribution in [0, 0.1) is 5.82 Å². The topological polar surface area (TPSA) is 39.2 Å². The molecule has 0 radical (unpaired) electrons. The fourth-order valence-electron chi connectivity index (χ4n) is 1.72. The van der Waals surface area contributed by atoms with E-state index < -0.39 is 23.5 Å². The van der Waals surface area contributed by atoms with Gasteiger partial charge in [0.1, 0.15) is 5.82 Å². The zero-order valence-corrected chi connectivity index (χ0v) is 10.7. The van der Waals surface area contributed by atoms with Gasteiger partial charge in [-0.2, -0.15) is 13.2 Å². The number of hydrogen-bond acceptors (Lipinski definition) is 3. The van der Waals surface area contributed by atoms with Crippen LogP contribution in [0.3, 0.4) is 0 Å². The Kier molecular flexibility index (Phi) is 3.93. The first-order valence-corrected chi connectivity index (χ1v) is 5.73. The fraction of sp³-hybridized carbons (Fsp3) is 0.143. The van der Waals surface area contributed by atoms with Gasteiger partial charge in [0.05, 0.1) is 18.2 Å². The van der Waals surface area contributed by atoms with Crippen molar-refractivity contribution in [3.63, 3.8) is 0 Å². The summed E-state index contributed by atoms with van der Waals surface area (Å²) in [5.41, 5.74) is -0.947. The molecular weight excluding hydrogens is 290 g/mol. The van der Waals surface area contributed by atoms with E-state index in [0.717, 1.165) is 25.3 Å². The minimum Gasteiger partial charge on any atom is -0.465 e. The maximum Gasteiger partial charge on any atom is 0.417 e. The van der Waals surface area contributed by atoms with Crippen LogP contribution < -0.4 is 0 Å². The lowest BCUT2D eigenvalue weighted by Gasteiger charge is -2.09. The highest BCUT2D eigenvalue weighted by molar-refractivity contribution is 5.90. The largest absolute Gasteiger partial charge is 0.465 e. The van der Waals surface area contributed by atoms with Gasteiger partial charge < -0.3 is 4.74 Å². The normalized spacial score (nSPS) is 11.3. The highest BCUT2D eigenvalue weighted by Crippen LogP contribution is 2.31. The Labute approximate surface area is 117 Å². The summed E-state index contributed by atoms with van der Waals surface area (Å²) in [6.07, 6.45) is -2.67. The van der Waals surface area contributed by atoms with Gasteiger partial charge in [-0.25, -0.2) is 9.18 Å². The first-order chi connectivity index (χ1) is 9.82. The second-order valence-electron chi connectivity index (χ2n) is 4.15. The van der Waals surface area contributed by atoms with Gasteiger partial charge in [0.15, 0.2) is 0 Å². The van der Waals surface area contributed by atoms with Gasteiger partial charge in [-0.1, -0.05) is 6.07 Å². The summed E-state index contributed by atoms with van der Waals surface area (Å²) in [6.45, 7) is 0. The number of benzene rings is 1. The molecule has 0 spiro atoms. The molecule has 0 bridgehead atoms. The SMILES string of the molecule is COC(=O)c1ccc(-c2cncc(C(F)(F)F)c2)cc1F. The van der Waals surface area contributed by atoms with E-state index in [-0.39, 0.29) is 16.7 Å². The molecule has 0 saturated heterocycles. The van der Waals surface area contributed by atoms with Crippen molar-refractivity contribution in [2.24, 2.45) is 0 Å². The van der Waals surface area contributed by atoms with E-state index >= 15 is 0 Å². The predicted octanol–water partition coefficient (Wildman–Crippen LogP) is 3.69. The molecule has 0 aliphatic rings. The van der Waals surface area contributed by atoms with E-state index in [0.29, 0.717) is 6.20 Å². The van der Waals surface area contributed by atoms with Crippen molar-refractivity contribution in [2.75, 3.05) is 7.11 Å². The standard InChI is InChI=1S/C14H9F4NO2/c1-21-13(20)11-3-2-8(5-12(11)15)9-4-10(7-19-6-9)14(16,17)18/h2-7H,1H3. The summed E-state index contributed by atoms with van der Waals surface area (Å²) in [7, 11) is 1.10. The molecule has 0 atom stereocenters. The van der Waals surface area contributed by atoms with Gasteiger partial charge in [0.25, 0.3) is 0 Å². The van der Waals surface area contributed by atoms with Crippen molar-refractivity contribution in [2.45, 2.75) is 6.18 Å². The first-order valence-electron chi connectivity index (χ1n) is 5.73. The molecule has 0 amide bonds. The Morgan fingerprint density at radius 3 is 2.43 bits per heavy atom. The second kappa shape index (κ2) is 5.51. The van der Waals surface area contributed by atoms with Gasteiger partial charge in [-0.15, -0.1) is 0 Å². The summed E-state index contributed by atoms with van der Waals surface area (Å²) in [6, 6.07) is 4.30. The van der Waals surface area contributed by atoms with Crippen LogP contribution in [0.1, 0.15) is 15.9 Å². The number of hydrogen-bond donors (Lipinski definition) is 0. The van der Waals surface area contributed by atoms with E-state index in [1.54, 1.807) is 0 Å². The average molecular weight is 299 g/mol. The van der Waals surface area contributed by atoms with Crippen LogP contribution in [0.4, 0.5) is 17.6 Å². The third kappa shape index (κ3) is 3.18. The number of alkyl halides is 3. The fourth-order valence-corrected chi connectivity index (χ4v) is 1.72. The number of carbonyl (C=O) groups excluding carboxylic acids is 1. The third-order valence-corrected chi connectivity index (χ3v) is 2.77. The number of carbonyl (C=O) groups is 1. The first kappa shape index (κ1) is 15.0. The van der Waals surface area contributed by atoms with Crippen LogP contribution >= 0.6 is 0 Å². The smallest absolute Gasteiger partial charge is 0.417 e. The molecule has 1 aromatic carbocycles. The van der Waals surface area contributed by atoms with Crippen molar-refractivity contribution < 1.29 is 27.1 Å². The molecule has 7 heteroatoms. The van der Waals surface area contributed by atoms with E-state index in [1.165, 1.54) is 12.3 Å². The maximum absolute atomic E-state index is 13.8. The molecule has 3 nitrogen and oxygen atoms in total. The summed E-state index contributed by atoms with van der Waals surface area (Å²) in [5.74, 6) is -1.74. The van der Waals surface area contributed by atoms with Crippen LogP contribution in [0.15, 0.2) is 36.7 Å². The quantitative estimate of drug-likeness (QED) is 0.627. The van der Waals surface area contributed by atoms with Crippen LogP contribution in [0.5, 0.6) is 0 Å². The number of ether oxygens (including phenoxy) is 1. The molecule has 0 aliphatic heterocycles. The molecule has 0 saturated carbocycles.